The summed E-state index contributed by atoms with van der Waals surface area (Å²) >= 11 is 5.73. The minimum Gasteiger partial charge on any atom is -0.255 e. The van der Waals surface area contributed by atoms with Crippen LogP contribution in [-0.2, 0) is 17.1 Å². The Kier molecular flexibility index (Phi) is 3.39. The van der Waals surface area contributed by atoms with Crippen molar-refractivity contribution in [2.24, 2.45) is 7.05 Å². The molecule has 7 heteroatoms. The van der Waals surface area contributed by atoms with Crippen LogP contribution in [0.5, 0.6) is 0 Å². The summed E-state index contributed by atoms with van der Waals surface area (Å²) in [6.07, 6.45) is 6.32. The van der Waals surface area contributed by atoms with Gasteiger partial charge < -0.3 is 0 Å². The third kappa shape index (κ3) is 2.15. The van der Waals surface area contributed by atoms with Gasteiger partial charge in [0, 0.05) is 14.1 Å². The molecule has 0 aliphatic heterocycles. The van der Waals surface area contributed by atoms with E-state index < -0.39 is 10.0 Å². The number of halogens is 1. The van der Waals surface area contributed by atoms with Gasteiger partial charge in [0.1, 0.15) is 0 Å². The van der Waals surface area contributed by atoms with Gasteiger partial charge in [-0.2, -0.15) is 9.40 Å². The number of rotatable bonds is 3. The maximum atomic E-state index is 11.9. The van der Waals surface area contributed by atoms with Crippen molar-refractivity contribution in [1.82, 2.24) is 14.1 Å². The van der Waals surface area contributed by atoms with Crippen LogP contribution in [0.15, 0.2) is 11.2 Å². The number of aryl methyl sites for hydroxylation is 1. The Morgan fingerprint density at radius 2 is 2.33 bits per heavy atom. The maximum Gasteiger partial charge on any atom is 0.262 e. The number of sulfonamides is 1. The molecule has 1 aromatic rings. The van der Waals surface area contributed by atoms with Gasteiger partial charge in [-0.05, 0) is 0 Å². The summed E-state index contributed by atoms with van der Waals surface area (Å²) in [6.45, 7) is -0.0101. The normalized spacial score (nSPS) is 11.7. The van der Waals surface area contributed by atoms with Crippen molar-refractivity contribution in [2.45, 2.75) is 5.03 Å². The first-order chi connectivity index (χ1) is 6.91. The molecule has 15 heavy (non-hydrogen) atoms. The smallest absolute Gasteiger partial charge is 0.255 e. The lowest BCUT2D eigenvalue weighted by molar-refractivity contribution is 0.490. The van der Waals surface area contributed by atoms with Gasteiger partial charge in [0.15, 0.2) is 5.03 Å². The van der Waals surface area contributed by atoms with Crippen LogP contribution in [0.3, 0.4) is 0 Å². The Bertz CT molecular complexity index is 481. The maximum absolute atomic E-state index is 11.9. The summed E-state index contributed by atoms with van der Waals surface area (Å²) in [5, 5.41) is 3.78. The molecule has 0 unspecified atom stereocenters. The second kappa shape index (κ2) is 4.23. The van der Waals surface area contributed by atoms with E-state index in [0.717, 1.165) is 4.31 Å². The molecule has 1 rings (SSSR count). The molecule has 0 radical (unpaired) electrons. The van der Waals surface area contributed by atoms with Crippen LogP contribution >= 0.6 is 11.6 Å². The van der Waals surface area contributed by atoms with Gasteiger partial charge in [0.2, 0.25) is 0 Å². The fraction of sp³-hybridized carbons (Fsp3) is 0.375. The van der Waals surface area contributed by atoms with Gasteiger partial charge >= 0.3 is 0 Å². The van der Waals surface area contributed by atoms with Crippen LogP contribution in [0.25, 0.3) is 0 Å². The molecule has 0 bridgehead atoms. The molecule has 0 fully saturated rings. The largest absolute Gasteiger partial charge is 0.262 e. The molecule has 0 aliphatic rings. The van der Waals surface area contributed by atoms with Crippen LogP contribution in [0.4, 0.5) is 0 Å². The van der Waals surface area contributed by atoms with E-state index in [1.165, 1.54) is 25.0 Å². The molecule has 0 spiro atoms. The van der Waals surface area contributed by atoms with Crippen LogP contribution in [0.1, 0.15) is 0 Å². The zero-order valence-electron chi connectivity index (χ0n) is 8.31. The number of terminal acetylenes is 1. The molecule has 5 nitrogen and oxygen atoms in total. The summed E-state index contributed by atoms with van der Waals surface area (Å²) in [6, 6.07) is 0. The molecule has 0 N–H and O–H groups in total. The Labute approximate surface area is 93.7 Å². The summed E-state index contributed by atoms with van der Waals surface area (Å²) in [5.41, 5.74) is 0. The van der Waals surface area contributed by atoms with E-state index in [-0.39, 0.29) is 16.6 Å². The van der Waals surface area contributed by atoms with E-state index in [9.17, 15) is 8.42 Å². The number of nitrogens with zero attached hydrogens (tertiary/aromatic N) is 3. The average molecular weight is 248 g/mol. The summed E-state index contributed by atoms with van der Waals surface area (Å²) < 4.78 is 26.1. The lowest BCUT2D eigenvalue weighted by Crippen LogP contribution is -2.29. The summed E-state index contributed by atoms with van der Waals surface area (Å²) in [5.74, 6) is 2.25. The third-order valence-electron chi connectivity index (χ3n) is 1.81. The predicted octanol–water partition coefficient (Wildman–Crippen LogP) is 0.327. The van der Waals surface area contributed by atoms with Crippen molar-refractivity contribution >= 4 is 21.6 Å². The van der Waals surface area contributed by atoms with Gasteiger partial charge in [-0.3, -0.25) is 4.68 Å². The first-order valence-corrected chi connectivity index (χ1v) is 5.80. The minimum absolute atomic E-state index is 0.0101. The highest BCUT2D eigenvalue weighted by atomic mass is 35.5. The van der Waals surface area contributed by atoms with E-state index in [1.54, 1.807) is 0 Å². The molecule has 0 aromatic carbocycles. The molecule has 1 aromatic heterocycles. The first kappa shape index (κ1) is 12.0. The lowest BCUT2D eigenvalue weighted by atomic mass is 10.7. The highest BCUT2D eigenvalue weighted by Crippen LogP contribution is 2.22. The number of hydrogen-bond donors (Lipinski definition) is 0. The molecule has 1 heterocycles. The number of hydrogen-bond acceptors (Lipinski definition) is 3. The van der Waals surface area contributed by atoms with Crippen molar-refractivity contribution in [1.29, 1.82) is 0 Å². The Balaban J connectivity index is 3.24. The Hall–Kier alpha value is -1.03. The molecule has 0 saturated carbocycles. The Morgan fingerprint density at radius 3 is 2.73 bits per heavy atom. The highest BCUT2D eigenvalue weighted by Gasteiger charge is 2.26. The van der Waals surface area contributed by atoms with Crippen molar-refractivity contribution in [3.63, 3.8) is 0 Å². The van der Waals surface area contributed by atoms with E-state index in [1.807, 2.05) is 0 Å². The fourth-order valence-electron chi connectivity index (χ4n) is 1.05. The van der Waals surface area contributed by atoms with Gasteiger partial charge in [-0.15, -0.1) is 6.42 Å². The molecule has 0 saturated heterocycles. The quantitative estimate of drug-likeness (QED) is 0.724. The van der Waals surface area contributed by atoms with E-state index >= 15 is 0 Å². The molecule has 0 aliphatic carbocycles. The van der Waals surface area contributed by atoms with Gasteiger partial charge in [0.05, 0.1) is 17.8 Å². The van der Waals surface area contributed by atoms with E-state index in [4.69, 9.17) is 18.0 Å². The second-order valence-corrected chi connectivity index (χ2v) is 5.25. The number of aromatic nitrogens is 2. The molecule has 82 valence electrons. The Morgan fingerprint density at radius 1 is 1.73 bits per heavy atom. The summed E-state index contributed by atoms with van der Waals surface area (Å²) in [4.78, 5) is 0. The molecule has 0 atom stereocenters. The van der Waals surface area contributed by atoms with E-state index in [0.29, 0.717) is 0 Å². The zero-order chi connectivity index (χ0) is 11.6. The van der Waals surface area contributed by atoms with E-state index in [2.05, 4.69) is 11.0 Å². The van der Waals surface area contributed by atoms with Crippen LogP contribution in [0.2, 0.25) is 5.02 Å². The SMILES string of the molecule is C#CCN(C)S(=O)(=O)c1c(Cl)cnn1C. The molecular formula is C8H10ClN3O2S. The predicted molar refractivity (Wildman–Crippen MR) is 56.9 cm³/mol. The summed E-state index contributed by atoms with van der Waals surface area (Å²) in [7, 11) is -0.770. The van der Waals surface area contributed by atoms with Crippen LogP contribution in [0, 0.1) is 12.3 Å². The zero-order valence-corrected chi connectivity index (χ0v) is 9.88. The monoisotopic (exact) mass is 247 g/mol. The topological polar surface area (TPSA) is 55.2 Å². The van der Waals surface area contributed by atoms with Gasteiger partial charge in [-0.25, -0.2) is 8.42 Å². The van der Waals surface area contributed by atoms with Crippen LogP contribution in [-0.4, -0.2) is 36.1 Å². The second-order valence-electron chi connectivity index (χ2n) is 2.89. The van der Waals surface area contributed by atoms with Crippen molar-refractivity contribution in [2.75, 3.05) is 13.6 Å². The van der Waals surface area contributed by atoms with Crippen molar-refractivity contribution in [3.8, 4) is 12.3 Å². The lowest BCUT2D eigenvalue weighted by Gasteiger charge is -2.14. The highest BCUT2D eigenvalue weighted by molar-refractivity contribution is 7.89. The molecule has 0 amide bonds. The standard InChI is InChI=1S/C8H10ClN3O2S/c1-4-5-11(2)15(13,14)8-7(9)6-10-12(8)3/h1,6H,5H2,2-3H3. The fourth-order valence-corrected chi connectivity index (χ4v) is 2.73. The van der Waals surface area contributed by atoms with Crippen molar-refractivity contribution in [3.05, 3.63) is 11.2 Å². The van der Waals surface area contributed by atoms with Crippen LogP contribution < -0.4 is 0 Å². The van der Waals surface area contributed by atoms with Crippen molar-refractivity contribution < 1.29 is 8.42 Å². The minimum atomic E-state index is -3.66. The third-order valence-corrected chi connectivity index (χ3v) is 4.12. The van der Waals surface area contributed by atoms with Gasteiger partial charge in [-0.1, -0.05) is 17.5 Å². The molecular weight excluding hydrogens is 238 g/mol. The first-order valence-electron chi connectivity index (χ1n) is 3.98. The average Bonchev–Trinajstić information content (AvgIpc) is 2.46. The van der Waals surface area contributed by atoms with Gasteiger partial charge in [0.25, 0.3) is 10.0 Å².